The van der Waals surface area contributed by atoms with Crippen LogP contribution in [-0.4, -0.2) is 23.6 Å². The Hall–Kier alpha value is -3.89. The second-order valence-corrected chi connectivity index (χ2v) is 9.36. The van der Waals surface area contributed by atoms with Crippen molar-refractivity contribution in [3.8, 4) is 6.07 Å². The van der Waals surface area contributed by atoms with Crippen molar-refractivity contribution in [2.45, 2.75) is 25.0 Å². The molecule has 0 unspecified atom stereocenters. The first kappa shape index (κ1) is 24.2. The molecule has 2 amide bonds. The second kappa shape index (κ2) is 11.0. The van der Waals surface area contributed by atoms with E-state index in [4.69, 9.17) is 0 Å². The number of carbonyl (C=O) groups is 2. The van der Waals surface area contributed by atoms with E-state index in [1.807, 2.05) is 67.6 Å². The fourth-order valence-electron chi connectivity index (χ4n) is 3.90. The zero-order valence-corrected chi connectivity index (χ0v) is 20.0. The Morgan fingerprint density at radius 2 is 1.74 bits per heavy atom. The molecule has 1 atom stereocenters. The number of nitriles is 1. The Morgan fingerprint density at radius 1 is 1.06 bits per heavy atom. The highest BCUT2D eigenvalue weighted by molar-refractivity contribution is 8.05. The van der Waals surface area contributed by atoms with E-state index in [0.717, 1.165) is 16.7 Å². The lowest BCUT2D eigenvalue weighted by atomic mass is 10.0. The van der Waals surface area contributed by atoms with E-state index in [1.54, 1.807) is 0 Å². The molecule has 0 spiro atoms. The molecule has 1 saturated heterocycles. The van der Waals surface area contributed by atoms with Gasteiger partial charge in [0.15, 0.2) is 0 Å². The Bertz CT molecular complexity index is 1300. The van der Waals surface area contributed by atoms with Crippen LogP contribution in [-0.2, 0) is 22.4 Å². The highest BCUT2D eigenvalue weighted by Crippen LogP contribution is 2.42. The molecule has 5 nitrogen and oxygen atoms in total. The highest BCUT2D eigenvalue weighted by atomic mass is 32.2. The van der Waals surface area contributed by atoms with Crippen LogP contribution in [0.25, 0.3) is 0 Å². The summed E-state index contributed by atoms with van der Waals surface area (Å²) in [6.07, 6.45) is 1.07. The molecule has 3 aromatic rings. The van der Waals surface area contributed by atoms with Gasteiger partial charge >= 0.3 is 0 Å². The summed E-state index contributed by atoms with van der Waals surface area (Å²) in [5.74, 6) is -1.22. The Kier molecular flexibility index (Phi) is 7.64. The Balaban J connectivity index is 1.62. The predicted molar refractivity (Wildman–Crippen MR) is 136 cm³/mol. The van der Waals surface area contributed by atoms with E-state index in [9.17, 15) is 19.2 Å². The molecule has 1 N–H and O–H groups in total. The summed E-state index contributed by atoms with van der Waals surface area (Å²) in [6.45, 7) is 2.33. The van der Waals surface area contributed by atoms with Gasteiger partial charge in [0.05, 0.1) is 5.25 Å². The number of aryl methyl sites for hydroxylation is 1. The van der Waals surface area contributed by atoms with Gasteiger partial charge in [-0.25, -0.2) is 4.39 Å². The number of thioether (sulfide) groups is 1. The molecule has 7 heteroatoms. The summed E-state index contributed by atoms with van der Waals surface area (Å²) in [7, 11) is 0. The van der Waals surface area contributed by atoms with Crippen LogP contribution in [0.5, 0.6) is 0 Å². The number of benzene rings is 3. The molecule has 1 fully saturated rings. The first-order chi connectivity index (χ1) is 17.0. The third kappa shape index (κ3) is 5.61. The molecule has 1 heterocycles. The topological polar surface area (TPSA) is 73.2 Å². The van der Waals surface area contributed by atoms with Gasteiger partial charge in [-0.3, -0.25) is 14.5 Å². The van der Waals surface area contributed by atoms with Crippen molar-refractivity contribution in [2.75, 3.05) is 11.4 Å². The molecule has 0 radical (unpaired) electrons. The number of halogens is 1. The van der Waals surface area contributed by atoms with Crippen LogP contribution in [0, 0.1) is 24.1 Å². The normalized spacial score (nSPS) is 16.7. The minimum absolute atomic E-state index is 0.131. The maximum absolute atomic E-state index is 13.6. The Morgan fingerprint density at radius 3 is 2.43 bits per heavy atom. The van der Waals surface area contributed by atoms with Crippen LogP contribution in [0.15, 0.2) is 89.5 Å². The fraction of sp³-hybridized carbons (Fsp3) is 0.179. The van der Waals surface area contributed by atoms with Crippen molar-refractivity contribution in [2.24, 2.45) is 0 Å². The standard InChI is InChI=1S/C28H24FN3O2S/c1-19-7-5-6-10-21(19)17-25-27(34)32(23-13-11-22(29)12-14-23)28(35-25)24(18-30)26(33)31-16-15-20-8-3-2-4-9-20/h2-14,25H,15-17H2,1H3,(H,31,33)/b28-24-/t25-/m0/s1. The molecule has 0 saturated carbocycles. The average Bonchev–Trinajstić information content (AvgIpc) is 3.17. The van der Waals surface area contributed by atoms with Crippen LogP contribution in [0.2, 0.25) is 0 Å². The number of hydrogen-bond acceptors (Lipinski definition) is 4. The van der Waals surface area contributed by atoms with E-state index in [2.05, 4.69) is 5.32 Å². The van der Waals surface area contributed by atoms with E-state index < -0.39 is 17.0 Å². The van der Waals surface area contributed by atoms with E-state index in [1.165, 1.54) is 40.9 Å². The van der Waals surface area contributed by atoms with Crippen LogP contribution in [0.4, 0.5) is 10.1 Å². The van der Waals surface area contributed by atoms with Crippen LogP contribution >= 0.6 is 11.8 Å². The van der Waals surface area contributed by atoms with Gasteiger partial charge in [-0.2, -0.15) is 5.26 Å². The van der Waals surface area contributed by atoms with Gasteiger partial charge in [0.25, 0.3) is 5.91 Å². The van der Waals surface area contributed by atoms with Gasteiger partial charge in [-0.1, -0.05) is 66.4 Å². The van der Waals surface area contributed by atoms with Crippen LogP contribution < -0.4 is 10.2 Å². The molecule has 4 rings (SSSR count). The number of amides is 2. The molecule has 3 aromatic carbocycles. The molecular weight excluding hydrogens is 461 g/mol. The number of carbonyl (C=O) groups excluding carboxylic acids is 2. The summed E-state index contributed by atoms with van der Waals surface area (Å²) < 4.78 is 13.6. The second-order valence-electron chi connectivity index (χ2n) is 8.17. The van der Waals surface area contributed by atoms with Crippen molar-refractivity contribution in [3.05, 3.63) is 112 Å². The molecule has 176 valence electrons. The SMILES string of the molecule is Cc1ccccc1C[C@@H]1S/C(=C(/C#N)C(=O)NCCc2ccccc2)N(c2ccc(F)cc2)C1=O. The molecule has 0 aromatic heterocycles. The zero-order valence-electron chi connectivity index (χ0n) is 19.2. The summed E-state index contributed by atoms with van der Waals surface area (Å²) >= 11 is 1.20. The van der Waals surface area contributed by atoms with Gasteiger partial charge in [0, 0.05) is 12.2 Å². The first-order valence-electron chi connectivity index (χ1n) is 11.2. The van der Waals surface area contributed by atoms with Crippen molar-refractivity contribution < 1.29 is 14.0 Å². The van der Waals surface area contributed by atoms with Gasteiger partial charge in [0.2, 0.25) is 5.91 Å². The molecule has 1 aliphatic heterocycles. The van der Waals surface area contributed by atoms with Crippen molar-refractivity contribution in [3.63, 3.8) is 0 Å². The van der Waals surface area contributed by atoms with E-state index >= 15 is 0 Å². The number of nitrogens with zero attached hydrogens (tertiary/aromatic N) is 2. The molecular formula is C28H24FN3O2S. The highest BCUT2D eigenvalue weighted by Gasteiger charge is 2.40. The minimum Gasteiger partial charge on any atom is -0.351 e. The molecule has 0 bridgehead atoms. The number of hydrogen-bond donors (Lipinski definition) is 1. The third-order valence-corrected chi connectivity index (χ3v) is 7.06. The lowest BCUT2D eigenvalue weighted by molar-refractivity contribution is -0.117. The lowest BCUT2D eigenvalue weighted by Crippen LogP contribution is -2.32. The summed E-state index contributed by atoms with van der Waals surface area (Å²) in [6, 6.07) is 25.0. The maximum Gasteiger partial charge on any atom is 0.264 e. The van der Waals surface area contributed by atoms with Gasteiger partial charge < -0.3 is 5.32 Å². The summed E-state index contributed by atoms with van der Waals surface area (Å²) in [4.78, 5) is 27.9. The van der Waals surface area contributed by atoms with Gasteiger partial charge in [-0.05, 0) is 60.7 Å². The maximum atomic E-state index is 13.6. The largest absolute Gasteiger partial charge is 0.351 e. The smallest absolute Gasteiger partial charge is 0.264 e. The lowest BCUT2D eigenvalue weighted by Gasteiger charge is -2.18. The number of rotatable bonds is 7. The summed E-state index contributed by atoms with van der Waals surface area (Å²) in [5, 5.41) is 12.5. The fourth-order valence-corrected chi connectivity index (χ4v) is 5.20. The predicted octanol–water partition coefficient (Wildman–Crippen LogP) is 4.92. The molecule has 35 heavy (non-hydrogen) atoms. The zero-order chi connectivity index (χ0) is 24.8. The van der Waals surface area contributed by atoms with Crippen molar-refractivity contribution in [1.29, 1.82) is 5.26 Å². The van der Waals surface area contributed by atoms with Crippen LogP contribution in [0.1, 0.15) is 16.7 Å². The van der Waals surface area contributed by atoms with Gasteiger partial charge in [0.1, 0.15) is 22.5 Å². The van der Waals surface area contributed by atoms with E-state index in [0.29, 0.717) is 25.1 Å². The Labute approximate surface area is 208 Å². The van der Waals surface area contributed by atoms with Crippen molar-refractivity contribution >= 4 is 29.3 Å². The van der Waals surface area contributed by atoms with E-state index in [-0.39, 0.29) is 16.5 Å². The number of nitrogens with one attached hydrogen (secondary N) is 1. The van der Waals surface area contributed by atoms with Gasteiger partial charge in [-0.15, -0.1) is 0 Å². The van der Waals surface area contributed by atoms with Crippen LogP contribution in [0.3, 0.4) is 0 Å². The minimum atomic E-state index is -0.539. The third-order valence-electron chi connectivity index (χ3n) is 5.80. The summed E-state index contributed by atoms with van der Waals surface area (Å²) in [5.41, 5.74) is 3.43. The molecule has 0 aliphatic carbocycles. The molecule has 1 aliphatic rings. The quantitative estimate of drug-likeness (QED) is 0.381. The van der Waals surface area contributed by atoms with Crippen molar-refractivity contribution in [1.82, 2.24) is 5.32 Å². The average molecular weight is 486 g/mol. The monoisotopic (exact) mass is 485 g/mol. The first-order valence-corrected chi connectivity index (χ1v) is 12.1. The number of anilines is 1.